The summed E-state index contributed by atoms with van der Waals surface area (Å²) in [7, 11) is 1.30. The minimum absolute atomic E-state index is 0.00872. The number of para-hydroxylation sites is 1. The van der Waals surface area contributed by atoms with Gasteiger partial charge in [0, 0.05) is 23.2 Å². The van der Waals surface area contributed by atoms with Gasteiger partial charge in [0.2, 0.25) is 5.91 Å². The summed E-state index contributed by atoms with van der Waals surface area (Å²) < 4.78 is 9.84. The van der Waals surface area contributed by atoms with Gasteiger partial charge in [0.15, 0.2) is 10.7 Å². The number of nitrogens with zero attached hydrogens (tertiary/aromatic N) is 3. The van der Waals surface area contributed by atoms with Crippen molar-refractivity contribution in [2.24, 2.45) is 0 Å². The second-order valence-corrected chi connectivity index (χ2v) is 6.96. The molecule has 1 aliphatic rings. The fourth-order valence-electron chi connectivity index (χ4n) is 2.92. The van der Waals surface area contributed by atoms with Gasteiger partial charge < -0.3 is 14.2 Å². The molecule has 0 radical (unpaired) electrons. The van der Waals surface area contributed by atoms with E-state index in [-0.39, 0.29) is 12.3 Å². The highest BCUT2D eigenvalue weighted by atomic mass is 32.1. The van der Waals surface area contributed by atoms with E-state index < -0.39 is 6.09 Å². The largest absolute Gasteiger partial charge is 0.453 e. The van der Waals surface area contributed by atoms with E-state index in [9.17, 15) is 9.59 Å². The number of fused-ring (bicyclic) bond motifs is 2. The van der Waals surface area contributed by atoms with Crippen molar-refractivity contribution in [2.45, 2.75) is 19.4 Å². The molecule has 1 aliphatic heterocycles. The van der Waals surface area contributed by atoms with Crippen molar-refractivity contribution in [2.75, 3.05) is 19.0 Å². The van der Waals surface area contributed by atoms with Crippen LogP contribution in [0.5, 0.6) is 0 Å². The van der Waals surface area contributed by atoms with Crippen molar-refractivity contribution < 1.29 is 18.8 Å². The molecule has 9 heteroatoms. The van der Waals surface area contributed by atoms with Crippen LogP contribution >= 0.6 is 11.3 Å². The minimum atomic E-state index is -0.554. The van der Waals surface area contributed by atoms with Gasteiger partial charge in [-0.25, -0.2) is 9.78 Å². The van der Waals surface area contributed by atoms with Gasteiger partial charge in [-0.2, -0.15) is 0 Å². The van der Waals surface area contributed by atoms with Gasteiger partial charge in [0.1, 0.15) is 5.69 Å². The summed E-state index contributed by atoms with van der Waals surface area (Å²) in [6, 6.07) is 7.50. The number of hydrogen-bond donors (Lipinski definition) is 1. The maximum absolute atomic E-state index is 12.7. The van der Waals surface area contributed by atoms with Gasteiger partial charge in [0.05, 0.1) is 25.8 Å². The van der Waals surface area contributed by atoms with E-state index in [2.05, 4.69) is 20.2 Å². The second kappa shape index (κ2) is 6.75. The third-order valence-corrected chi connectivity index (χ3v) is 5.25. The van der Waals surface area contributed by atoms with Crippen LogP contribution in [0, 0.1) is 0 Å². The number of rotatable bonds is 3. The van der Waals surface area contributed by atoms with Crippen LogP contribution in [-0.4, -0.2) is 40.7 Å². The molecule has 0 fully saturated rings. The predicted molar refractivity (Wildman–Crippen MR) is 95.0 cm³/mol. The molecule has 2 amide bonds. The minimum Gasteiger partial charge on any atom is -0.453 e. The molecule has 4 rings (SSSR count). The molecule has 0 atom stereocenters. The van der Waals surface area contributed by atoms with Crippen LogP contribution in [0.25, 0.3) is 11.0 Å². The molecule has 0 aliphatic carbocycles. The number of thiazole rings is 1. The summed E-state index contributed by atoms with van der Waals surface area (Å²) in [6.07, 6.45) is 0.292. The number of aromatic nitrogens is 2. The van der Waals surface area contributed by atoms with Crippen LogP contribution in [0.1, 0.15) is 16.3 Å². The SMILES string of the molecule is COC(=O)Nc1nc2c(s1)CN(C(=O)Cc1noc3ccccc13)CC2. The van der Waals surface area contributed by atoms with E-state index in [0.717, 1.165) is 16.0 Å². The lowest BCUT2D eigenvalue weighted by Crippen LogP contribution is -2.36. The molecular formula is C17H16N4O4S. The number of anilines is 1. The molecule has 0 spiro atoms. The normalized spacial score (nSPS) is 13.5. The number of nitrogens with one attached hydrogen (secondary N) is 1. The van der Waals surface area contributed by atoms with Gasteiger partial charge in [-0.15, -0.1) is 0 Å². The van der Waals surface area contributed by atoms with Crippen LogP contribution in [0.3, 0.4) is 0 Å². The Balaban J connectivity index is 1.46. The number of carbonyl (C=O) groups excluding carboxylic acids is 2. The van der Waals surface area contributed by atoms with Crippen molar-refractivity contribution in [1.82, 2.24) is 15.0 Å². The first kappa shape index (κ1) is 16.5. The fourth-order valence-corrected chi connectivity index (χ4v) is 3.93. The molecule has 0 saturated heterocycles. The maximum Gasteiger partial charge on any atom is 0.413 e. The van der Waals surface area contributed by atoms with Crippen LogP contribution in [0.15, 0.2) is 28.8 Å². The molecular weight excluding hydrogens is 356 g/mol. The van der Waals surface area contributed by atoms with Crippen molar-refractivity contribution in [3.8, 4) is 0 Å². The number of benzene rings is 1. The van der Waals surface area contributed by atoms with Crippen LogP contribution < -0.4 is 5.32 Å². The highest BCUT2D eigenvalue weighted by Gasteiger charge is 2.25. The zero-order valence-electron chi connectivity index (χ0n) is 14.0. The topological polar surface area (TPSA) is 97.6 Å². The Morgan fingerprint density at radius 1 is 1.38 bits per heavy atom. The zero-order chi connectivity index (χ0) is 18.1. The molecule has 3 aromatic rings. The molecule has 134 valence electrons. The fraction of sp³-hybridized carbons (Fsp3) is 0.294. The van der Waals surface area contributed by atoms with Crippen molar-refractivity contribution in [3.05, 3.63) is 40.5 Å². The Morgan fingerprint density at radius 3 is 3.08 bits per heavy atom. The predicted octanol–water partition coefficient (Wildman–Crippen LogP) is 2.59. The summed E-state index contributed by atoms with van der Waals surface area (Å²) in [4.78, 5) is 31.1. The third-order valence-electron chi connectivity index (χ3n) is 4.25. The van der Waals surface area contributed by atoms with E-state index in [0.29, 0.717) is 35.9 Å². The molecule has 8 nitrogen and oxygen atoms in total. The van der Waals surface area contributed by atoms with Crippen LogP contribution in [0.4, 0.5) is 9.93 Å². The van der Waals surface area contributed by atoms with Crippen molar-refractivity contribution in [1.29, 1.82) is 0 Å². The summed E-state index contributed by atoms with van der Waals surface area (Å²) in [6.45, 7) is 1.06. The van der Waals surface area contributed by atoms with Gasteiger partial charge in [0.25, 0.3) is 0 Å². The smallest absolute Gasteiger partial charge is 0.413 e. The maximum atomic E-state index is 12.7. The molecule has 1 aromatic carbocycles. The highest BCUT2D eigenvalue weighted by molar-refractivity contribution is 7.15. The van der Waals surface area contributed by atoms with Gasteiger partial charge in [-0.3, -0.25) is 10.1 Å². The van der Waals surface area contributed by atoms with Crippen LogP contribution in [0.2, 0.25) is 0 Å². The Bertz CT molecular complexity index is 980. The van der Waals surface area contributed by atoms with Gasteiger partial charge in [-0.1, -0.05) is 28.6 Å². The lowest BCUT2D eigenvalue weighted by molar-refractivity contribution is -0.131. The molecule has 26 heavy (non-hydrogen) atoms. The zero-order valence-corrected chi connectivity index (χ0v) is 14.8. The molecule has 0 bridgehead atoms. The first-order valence-corrected chi connectivity index (χ1v) is 8.90. The number of methoxy groups -OCH3 is 1. The number of amides is 2. The van der Waals surface area contributed by atoms with E-state index in [1.807, 2.05) is 24.3 Å². The van der Waals surface area contributed by atoms with Crippen LogP contribution in [-0.2, 0) is 28.9 Å². The van der Waals surface area contributed by atoms with Crippen molar-refractivity contribution >= 4 is 39.4 Å². The Kier molecular flexibility index (Phi) is 4.29. The van der Waals surface area contributed by atoms with E-state index in [1.54, 1.807) is 4.90 Å². The summed E-state index contributed by atoms with van der Waals surface area (Å²) >= 11 is 1.36. The van der Waals surface area contributed by atoms with E-state index >= 15 is 0 Å². The molecule has 2 aromatic heterocycles. The average Bonchev–Trinajstić information content (AvgIpc) is 3.24. The lowest BCUT2D eigenvalue weighted by Gasteiger charge is -2.25. The third kappa shape index (κ3) is 3.13. The van der Waals surface area contributed by atoms with Gasteiger partial charge >= 0.3 is 6.09 Å². The Morgan fingerprint density at radius 2 is 2.23 bits per heavy atom. The lowest BCUT2D eigenvalue weighted by atomic mass is 10.1. The number of ether oxygens (including phenoxy) is 1. The van der Waals surface area contributed by atoms with E-state index in [4.69, 9.17) is 4.52 Å². The Hall–Kier alpha value is -2.94. The monoisotopic (exact) mass is 372 g/mol. The molecule has 1 N–H and O–H groups in total. The quantitative estimate of drug-likeness (QED) is 0.759. The summed E-state index contributed by atoms with van der Waals surface area (Å²) in [5.74, 6) is -0.00872. The Labute approximate surface area is 152 Å². The van der Waals surface area contributed by atoms with Gasteiger partial charge in [-0.05, 0) is 12.1 Å². The first-order chi connectivity index (χ1) is 12.6. The number of hydrogen-bond acceptors (Lipinski definition) is 7. The highest BCUT2D eigenvalue weighted by Crippen LogP contribution is 2.29. The molecule has 3 heterocycles. The summed E-state index contributed by atoms with van der Waals surface area (Å²) in [5, 5.41) is 7.94. The molecule has 0 saturated carbocycles. The standard InChI is InChI=1S/C17H16N4O4S/c1-24-17(23)19-16-18-11-6-7-21(9-14(11)26-16)15(22)8-12-10-4-2-3-5-13(10)25-20-12/h2-5H,6-9H2,1H3,(H,18,19,23). The second-order valence-electron chi connectivity index (χ2n) is 5.87. The van der Waals surface area contributed by atoms with Crippen molar-refractivity contribution in [3.63, 3.8) is 0 Å². The molecule has 0 unspecified atom stereocenters. The number of carbonyl (C=O) groups is 2. The first-order valence-electron chi connectivity index (χ1n) is 8.08. The van der Waals surface area contributed by atoms with E-state index in [1.165, 1.54) is 18.4 Å². The summed E-state index contributed by atoms with van der Waals surface area (Å²) in [5.41, 5.74) is 2.24. The average molecular weight is 372 g/mol.